The van der Waals surface area contributed by atoms with E-state index in [0.717, 1.165) is 18.4 Å². The van der Waals surface area contributed by atoms with Crippen LogP contribution in [0.4, 0.5) is 4.39 Å². The van der Waals surface area contributed by atoms with Crippen molar-refractivity contribution in [3.05, 3.63) is 29.6 Å². The highest BCUT2D eigenvalue weighted by Crippen LogP contribution is 2.25. The summed E-state index contributed by atoms with van der Waals surface area (Å²) in [5.74, 6) is -0.0766. The van der Waals surface area contributed by atoms with Gasteiger partial charge in [-0.3, -0.25) is 0 Å². The summed E-state index contributed by atoms with van der Waals surface area (Å²) < 4.78 is 18.4. The molecule has 0 spiro atoms. The van der Waals surface area contributed by atoms with Gasteiger partial charge in [-0.15, -0.1) is 0 Å². The molecule has 0 heterocycles. The lowest BCUT2D eigenvalue weighted by molar-refractivity contribution is 0.0585. The minimum absolute atomic E-state index is 0.0768. The van der Waals surface area contributed by atoms with Crippen molar-refractivity contribution in [3.63, 3.8) is 0 Å². The Morgan fingerprint density at radius 2 is 2.18 bits per heavy atom. The Kier molecular flexibility index (Phi) is 3.64. The van der Waals surface area contributed by atoms with Gasteiger partial charge in [-0.2, -0.15) is 0 Å². The molecule has 1 aliphatic carbocycles. The van der Waals surface area contributed by atoms with Crippen LogP contribution < -0.4 is 10.1 Å². The number of halogens is 1. The zero-order valence-electron chi connectivity index (χ0n) is 10.1. The summed E-state index contributed by atoms with van der Waals surface area (Å²) in [5.41, 5.74) is 0.893. The standard InChI is InChI=1S/C13H18FNO2/c1-8(15-10-6-11(16)7-10)9-3-4-13(17-2)12(14)5-9/h3-5,8,10-11,15-16H,6-7H2,1-2H3. The second kappa shape index (κ2) is 5.02. The fourth-order valence-corrected chi connectivity index (χ4v) is 2.13. The number of aliphatic hydroxyl groups is 1. The molecule has 1 fully saturated rings. The third-order valence-electron chi connectivity index (χ3n) is 3.27. The Morgan fingerprint density at radius 3 is 2.71 bits per heavy atom. The van der Waals surface area contributed by atoms with Gasteiger partial charge < -0.3 is 15.2 Å². The summed E-state index contributed by atoms with van der Waals surface area (Å²) in [6.45, 7) is 1.99. The fraction of sp³-hybridized carbons (Fsp3) is 0.538. The van der Waals surface area contributed by atoms with Gasteiger partial charge in [0.25, 0.3) is 0 Å². The van der Waals surface area contributed by atoms with Crippen molar-refractivity contribution < 1.29 is 14.2 Å². The van der Waals surface area contributed by atoms with Crippen molar-refractivity contribution in [2.75, 3.05) is 7.11 Å². The molecule has 0 aromatic heterocycles. The zero-order valence-corrected chi connectivity index (χ0v) is 10.1. The Hall–Kier alpha value is -1.13. The van der Waals surface area contributed by atoms with Crippen molar-refractivity contribution in [2.24, 2.45) is 0 Å². The molecule has 1 aromatic rings. The lowest BCUT2D eigenvalue weighted by Gasteiger charge is -2.34. The van der Waals surface area contributed by atoms with E-state index in [9.17, 15) is 9.50 Å². The maximum Gasteiger partial charge on any atom is 0.165 e. The van der Waals surface area contributed by atoms with Crippen LogP contribution in [0.2, 0.25) is 0 Å². The molecule has 1 atom stereocenters. The molecule has 1 unspecified atom stereocenters. The van der Waals surface area contributed by atoms with Crippen LogP contribution in [0.1, 0.15) is 31.4 Å². The second-order valence-electron chi connectivity index (χ2n) is 4.60. The van der Waals surface area contributed by atoms with E-state index >= 15 is 0 Å². The monoisotopic (exact) mass is 239 g/mol. The predicted octanol–water partition coefficient (Wildman–Crippen LogP) is 2.01. The number of aliphatic hydroxyl groups excluding tert-OH is 1. The quantitative estimate of drug-likeness (QED) is 0.844. The molecule has 17 heavy (non-hydrogen) atoms. The molecule has 4 heteroatoms. The van der Waals surface area contributed by atoms with Crippen LogP contribution in [0.3, 0.4) is 0 Å². The van der Waals surface area contributed by atoms with Crippen molar-refractivity contribution in [1.29, 1.82) is 0 Å². The van der Waals surface area contributed by atoms with E-state index in [4.69, 9.17) is 4.74 Å². The normalized spacial score (nSPS) is 25.2. The number of ether oxygens (including phenoxy) is 1. The van der Waals surface area contributed by atoms with Gasteiger partial charge in [-0.1, -0.05) is 6.07 Å². The maximum absolute atomic E-state index is 13.5. The first-order chi connectivity index (χ1) is 8.10. The first kappa shape index (κ1) is 12.3. The van der Waals surface area contributed by atoms with Crippen molar-refractivity contribution in [3.8, 4) is 5.75 Å². The van der Waals surface area contributed by atoms with Crippen molar-refractivity contribution >= 4 is 0 Å². The molecule has 0 radical (unpaired) electrons. The minimum Gasteiger partial charge on any atom is -0.494 e. The predicted molar refractivity (Wildman–Crippen MR) is 63.5 cm³/mol. The van der Waals surface area contributed by atoms with Crippen molar-refractivity contribution in [2.45, 2.75) is 38.0 Å². The molecular formula is C13H18FNO2. The lowest BCUT2D eigenvalue weighted by atomic mass is 9.88. The zero-order chi connectivity index (χ0) is 12.4. The Labute approximate surface area is 101 Å². The summed E-state index contributed by atoms with van der Waals surface area (Å²) in [7, 11) is 1.45. The van der Waals surface area contributed by atoms with Gasteiger partial charge in [0.15, 0.2) is 11.6 Å². The maximum atomic E-state index is 13.5. The average Bonchev–Trinajstić information content (AvgIpc) is 2.26. The van der Waals surface area contributed by atoms with E-state index < -0.39 is 0 Å². The van der Waals surface area contributed by atoms with Gasteiger partial charge in [0.1, 0.15) is 0 Å². The molecule has 0 bridgehead atoms. The number of rotatable bonds is 4. The molecule has 1 aromatic carbocycles. The highest BCUT2D eigenvalue weighted by Gasteiger charge is 2.28. The molecule has 2 N–H and O–H groups in total. The van der Waals surface area contributed by atoms with Crippen LogP contribution in [0.25, 0.3) is 0 Å². The third kappa shape index (κ3) is 2.76. The van der Waals surface area contributed by atoms with Crippen LogP contribution in [-0.2, 0) is 0 Å². The van der Waals surface area contributed by atoms with Crippen LogP contribution in [0, 0.1) is 5.82 Å². The Balaban J connectivity index is 1.99. The highest BCUT2D eigenvalue weighted by molar-refractivity contribution is 5.30. The average molecular weight is 239 g/mol. The Morgan fingerprint density at radius 1 is 1.47 bits per heavy atom. The van der Waals surface area contributed by atoms with E-state index in [0.29, 0.717) is 6.04 Å². The smallest absolute Gasteiger partial charge is 0.165 e. The van der Waals surface area contributed by atoms with E-state index in [1.165, 1.54) is 13.2 Å². The van der Waals surface area contributed by atoms with Crippen LogP contribution >= 0.6 is 0 Å². The lowest BCUT2D eigenvalue weighted by Crippen LogP contribution is -2.45. The fourth-order valence-electron chi connectivity index (χ4n) is 2.13. The molecular weight excluding hydrogens is 221 g/mol. The molecule has 0 aliphatic heterocycles. The Bertz CT molecular complexity index is 391. The summed E-state index contributed by atoms with van der Waals surface area (Å²) in [6.07, 6.45) is 1.39. The first-order valence-electron chi connectivity index (χ1n) is 5.87. The van der Waals surface area contributed by atoms with E-state index in [-0.39, 0.29) is 23.7 Å². The van der Waals surface area contributed by atoms with Gasteiger partial charge in [0.05, 0.1) is 13.2 Å². The molecule has 0 amide bonds. The molecule has 3 nitrogen and oxygen atoms in total. The topological polar surface area (TPSA) is 41.5 Å². The summed E-state index contributed by atoms with van der Waals surface area (Å²) >= 11 is 0. The number of hydrogen-bond donors (Lipinski definition) is 2. The number of hydrogen-bond acceptors (Lipinski definition) is 3. The van der Waals surface area contributed by atoms with Gasteiger partial charge >= 0.3 is 0 Å². The third-order valence-corrected chi connectivity index (χ3v) is 3.27. The largest absolute Gasteiger partial charge is 0.494 e. The number of methoxy groups -OCH3 is 1. The highest BCUT2D eigenvalue weighted by atomic mass is 19.1. The van der Waals surface area contributed by atoms with Crippen LogP contribution in [-0.4, -0.2) is 24.4 Å². The SMILES string of the molecule is COc1ccc(C(C)NC2CC(O)C2)cc1F. The molecule has 2 rings (SSSR count). The first-order valence-corrected chi connectivity index (χ1v) is 5.87. The van der Waals surface area contributed by atoms with Gasteiger partial charge in [-0.05, 0) is 37.5 Å². The molecule has 1 saturated carbocycles. The van der Waals surface area contributed by atoms with E-state index in [2.05, 4.69) is 5.32 Å². The minimum atomic E-state index is -0.340. The molecule has 1 aliphatic rings. The number of benzene rings is 1. The summed E-state index contributed by atoms with van der Waals surface area (Å²) in [5, 5.41) is 12.6. The van der Waals surface area contributed by atoms with Crippen molar-refractivity contribution in [1.82, 2.24) is 5.32 Å². The van der Waals surface area contributed by atoms with Gasteiger partial charge in [0, 0.05) is 12.1 Å². The van der Waals surface area contributed by atoms with Gasteiger partial charge in [-0.25, -0.2) is 4.39 Å². The molecule has 94 valence electrons. The summed E-state index contributed by atoms with van der Waals surface area (Å²) in [6, 6.07) is 5.40. The van der Waals surface area contributed by atoms with Crippen LogP contribution in [0.5, 0.6) is 5.75 Å². The summed E-state index contributed by atoms with van der Waals surface area (Å²) in [4.78, 5) is 0. The second-order valence-corrected chi connectivity index (χ2v) is 4.60. The van der Waals surface area contributed by atoms with E-state index in [1.54, 1.807) is 6.07 Å². The van der Waals surface area contributed by atoms with Crippen LogP contribution in [0.15, 0.2) is 18.2 Å². The molecule has 0 saturated heterocycles. The number of nitrogens with one attached hydrogen (secondary N) is 1. The van der Waals surface area contributed by atoms with E-state index in [1.807, 2.05) is 13.0 Å². The van der Waals surface area contributed by atoms with Gasteiger partial charge in [0.2, 0.25) is 0 Å².